The van der Waals surface area contributed by atoms with E-state index in [-0.39, 0.29) is 23.8 Å². The molecule has 172 valence electrons. The van der Waals surface area contributed by atoms with Crippen LogP contribution in [0.3, 0.4) is 0 Å². The molecular weight excluding hydrogens is 460 g/mol. The highest BCUT2D eigenvalue weighted by atomic mass is 31.2. The molecule has 4 heterocycles. The maximum absolute atomic E-state index is 15.7. The monoisotopic (exact) mass is 477 g/mol. The van der Waals surface area contributed by atoms with Crippen molar-refractivity contribution in [3.05, 3.63) is 48.4 Å². The molecule has 12 nitrogen and oxygen atoms in total. The van der Waals surface area contributed by atoms with Crippen molar-refractivity contribution in [2.24, 2.45) is 0 Å². The van der Waals surface area contributed by atoms with Crippen LogP contribution in [0.4, 0.5) is 10.2 Å². The van der Waals surface area contributed by atoms with Gasteiger partial charge in [0.05, 0.1) is 12.0 Å². The number of aliphatic hydroxyl groups is 2. The maximum Gasteiger partial charge on any atom is 0.530 e. The van der Waals surface area contributed by atoms with E-state index in [9.17, 15) is 20.0 Å². The van der Waals surface area contributed by atoms with Crippen molar-refractivity contribution in [1.82, 2.24) is 14.5 Å². The molecule has 1 fully saturated rings. The van der Waals surface area contributed by atoms with E-state index in [0.29, 0.717) is 10.9 Å². The number of phosphoric ester groups is 1. The number of anilines is 1. The van der Waals surface area contributed by atoms with E-state index in [2.05, 4.69) is 9.97 Å². The molecule has 2 aliphatic rings. The zero-order valence-electron chi connectivity index (χ0n) is 16.7. The van der Waals surface area contributed by atoms with Crippen molar-refractivity contribution in [2.45, 2.75) is 30.4 Å². The zero-order valence-corrected chi connectivity index (χ0v) is 17.6. The van der Waals surface area contributed by atoms with Gasteiger partial charge in [-0.1, -0.05) is 18.2 Å². The van der Waals surface area contributed by atoms with Crippen LogP contribution in [-0.4, -0.2) is 49.4 Å². The molecule has 0 amide bonds. The predicted octanol–water partition coefficient (Wildman–Crippen LogP) is 1.34. The molecule has 1 unspecified atom stereocenters. The summed E-state index contributed by atoms with van der Waals surface area (Å²) in [6.45, 7) is -1.29. The number of halogens is 1. The highest BCUT2D eigenvalue weighted by Gasteiger charge is 2.66. The standard InChI is InChI=1S/C19H17FN5O7P/c20-18(9-30-33(28)29-7-11-3-1-2-4-13(11)31-33)14(26)15(27)19(8-21,32-18)25-6-5-12-16(22)23-10-24-17(12)25/h1-6,10,14-15,26-27H,7,9H2,(H2,22,23,24)/t14-,15+,18+,19+,33?/m0/s1. The minimum atomic E-state index is -4.28. The first-order valence-corrected chi connectivity index (χ1v) is 11.1. The Hall–Kier alpha value is -3.11. The number of para-hydroxylation sites is 1. The van der Waals surface area contributed by atoms with Gasteiger partial charge in [-0.3, -0.25) is 18.4 Å². The molecule has 33 heavy (non-hydrogen) atoms. The summed E-state index contributed by atoms with van der Waals surface area (Å²) in [4.78, 5) is 7.84. The Balaban J connectivity index is 1.43. The van der Waals surface area contributed by atoms with Gasteiger partial charge >= 0.3 is 7.82 Å². The van der Waals surface area contributed by atoms with Crippen molar-refractivity contribution >= 4 is 24.7 Å². The summed E-state index contributed by atoms with van der Waals surface area (Å²) in [5.41, 5.74) is 4.01. The topological polar surface area (TPSA) is 175 Å². The van der Waals surface area contributed by atoms with E-state index in [4.69, 9.17) is 24.0 Å². The second-order valence-electron chi connectivity index (χ2n) is 7.46. The van der Waals surface area contributed by atoms with Crippen LogP contribution in [0.1, 0.15) is 5.56 Å². The number of nitrogens with zero attached hydrogens (tertiary/aromatic N) is 4. The van der Waals surface area contributed by atoms with Crippen molar-refractivity contribution < 1.29 is 37.5 Å². The molecule has 0 spiro atoms. The smallest absolute Gasteiger partial charge is 0.404 e. The molecule has 4 N–H and O–H groups in total. The van der Waals surface area contributed by atoms with Crippen molar-refractivity contribution in [3.63, 3.8) is 0 Å². The highest BCUT2D eigenvalue weighted by molar-refractivity contribution is 7.49. The van der Waals surface area contributed by atoms with Crippen LogP contribution >= 0.6 is 7.82 Å². The zero-order chi connectivity index (χ0) is 23.4. The SMILES string of the molecule is N#C[C@@]1(n2ccc3c(N)ncnc32)O[C@](F)(COP2(=O)OCc3ccccc3O2)[C@@H](O)[C@H]1O. The number of phosphoric acid groups is 1. The van der Waals surface area contributed by atoms with Crippen LogP contribution in [0.15, 0.2) is 42.9 Å². The Kier molecular flexibility index (Phi) is 4.91. The number of nitriles is 1. The molecule has 1 aromatic carbocycles. The molecule has 1 saturated heterocycles. The number of hydrogen-bond donors (Lipinski definition) is 3. The van der Waals surface area contributed by atoms with Gasteiger partial charge in [0, 0.05) is 11.8 Å². The van der Waals surface area contributed by atoms with E-state index in [1.807, 2.05) is 0 Å². The van der Waals surface area contributed by atoms with Gasteiger partial charge in [0.2, 0.25) is 0 Å². The predicted molar refractivity (Wildman–Crippen MR) is 108 cm³/mol. The minimum absolute atomic E-state index is 0.0591. The normalized spacial score (nSPS) is 33.4. The lowest BCUT2D eigenvalue weighted by atomic mass is 10.0. The van der Waals surface area contributed by atoms with Gasteiger partial charge in [0.1, 0.15) is 48.4 Å². The summed E-state index contributed by atoms with van der Waals surface area (Å²) in [7, 11) is -4.28. The van der Waals surface area contributed by atoms with E-state index in [1.165, 1.54) is 18.3 Å². The molecule has 2 aromatic heterocycles. The van der Waals surface area contributed by atoms with Gasteiger partial charge in [-0.25, -0.2) is 18.9 Å². The van der Waals surface area contributed by atoms with Gasteiger partial charge in [-0.05, 0) is 12.1 Å². The van der Waals surface area contributed by atoms with E-state index < -0.39 is 38.2 Å². The number of alkyl halides is 1. The third kappa shape index (κ3) is 3.27. The molecule has 5 atom stereocenters. The Morgan fingerprint density at radius 1 is 1.33 bits per heavy atom. The van der Waals surface area contributed by atoms with Crippen LogP contribution in [-0.2, 0) is 30.7 Å². The van der Waals surface area contributed by atoms with Gasteiger partial charge in [-0.15, -0.1) is 0 Å². The molecular formula is C19H17FN5O7P. The largest absolute Gasteiger partial charge is 0.530 e. The quantitative estimate of drug-likeness (QED) is 0.462. The summed E-state index contributed by atoms with van der Waals surface area (Å²) in [5.74, 6) is -2.85. The summed E-state index contributed by atoms with van der Waals surface area (Å²) in [6.07, 6.45) is -1.95. The lowest BCUT2D eigenvalue weighted by Gasteiger charge is -2.29. The number of benzene rings is 1. The fraction of sp³-hybridized carbons (Fsp3) is 0.316. The fourth-order valence-electron chi connectivity index (χ4n) is 3.76. The van der Waals surface area contributed by atoms with Crippen LogP contribution in [0.5, 0.6) is 5.75 Å². The van der Waals surface area contributed by atoms with Crippen molar-refractivity contribution in [3.8, 4) is 11.8 Å². The third-order valence-electron chi connectivity index (χ3n) is 5.48. The van der Waals surface area contributed by atoms with Gasteiger partial charge in [0.15, 0.2) is 0 Å². The summed E-state index contributed by atoms with van der Waals surface area (Å²) < 4.78 is 50.3. The first-order chi connectivity index (χ1) is 15.7. The first kappa shape index (κ1) is 21.7. The minimum Gasteiger partial charge on any atom is -0.404 e. The average Bonchev–Trinajstić information content (AvgIpc) is 3.33. The number of hydrogen-bond acceptors (Lipinski definition) is 11. The number of nitrogens with two attached hydrogens (primary N) is 1. The van der Waals surface area contributed by atoms with Crippen LogP contribution < -0.4 is 10.3 Å². The average molecular weight is 477 g/mol. The molecule has 0 radical (unpaired) electrons. The van der Waals surface area contributed by atoms with Crippen molar-refractivity contribution in [1.29, 1.82) is 5.26 Å². The number of aliphatic hydroxyl groups excluding tert-OH is 2. The summed E-state index contributed by atoms with van der Waals surface area (Å²) in [5, 5.41) is 31.3. The van der Waals surface area contributed by atoms with E-state index in [1.54, 1.807) is 24.3 Å². The van der Waals surface area contributed by atoms with Gasteiger partial charge in [0.25, 0.3) is 11.6 Å². The summed E-state index contributed by atoms with van der Waals surface area (Å²) in [6, 6.07) is 9.73. The molecule has 5 rings (SSSR count). The number of aromatic nitrogens is 3. The lowest BCUT2D eigenvalue weighted by molar-refractivity contribution is -0.224. The first-order valence-electron chi connectivity index (χ1n) is 9.62. The van der Waals surface area contributed by atoms with Gasteiger partial charge in [-0.2, -0.15) is 5.26 Å². The maximum atomic E-state index is 15.7. The van der Waals surface area contributed by atoms with Crippen LogP contribution in [0.2, 0.25) is 0 Å². The summed E-state index contributed by atoms with van der Waals surface area (Å²) >= 11 is 0. The molecule has 3 aromatic rings. The number of fused-ring (bicyclic) bond motifs is 2. The van der Waals surface area contributed by atoms with Crippen LogP contribution in [0.25, 0.3) is 11.0 Å². The Morgan fingerprint density at radius 2 is 2.12 bits per heavy atom. The second kappa shape index (κ2) is 7.46. The van der Waals surface area contributed by atoms with Crippen molar-refractivity contribution in [2.75, 3.05) is 12.3 Å². The molecule has 2 aliphatic heterocycles. The lowest BCUT2D eigenvalue weighted by Crippen LogP contribution is -2.45. The third-order valence-corrected chi connectivity index (χ3v) is 6.79. The highest BCUT2D eigenvalue weighted by Crippen LogP contribution is 2.56. The van der Waals surface area contributed by atoms with E-state index in [0.717, 1.165) is 10.9 Å². The fourth-order valence-corrected chi connectivity index (χ4v) is 4.99. The number of nitrogen functional groups attached to an aromatic ring is 1. The van der Waals surface area contributed by atoms with Gasteiger partial charge < -0.3 is 20.5 Å². The molecule has 0 aliphatic carbocycles. The molecule has 0 bridgehead atoms. The molecule has 14 heteroatoms. The Bertz CT molecular complexity index is 1330. The number of ether oxygens (including phenoxy) is 1. The van der Waals surface area contributed by atoms with Crippen LogP contribution in [0, 0.1) is 11.3 Å². The molecule has 0 saturated carbocycles. The van der Waals surface area contributed by atoms with E-state index >= 15 is 4.39 Å². The Labute approximate surface area is 185 Å². The second-order valence-corrected chi connectivity index (χ2v) is 9.05. The number of rotatable bonds is 4. The Morgan fingerprint density at radius 3 is 2.91 bits per heavy atom.